The second kappa shape index (κ2) is 12.1. The summed E-state index contributed by atoms with van der Waals surface area (Å²) in [5.74, 6) is 0.710. The van der Waals surface area contributed by atoms with Crippen LogP contribution in [0.3, 0.4) is 0 Å². The van der Waals surface area contributed by atoms with Gasteiger partial charge >= 0.3 is 0 Å². The minimum Gasteiger partial charge on any atom is -0.493 e. The Balaban J connectivity index is 0.00000432. The standard InChI is InChI=1S/C24H33N5O5.ClH/c1-16-11-21(34-10-7-30)26-29-22(16)27-28(23(29)25)15-20(31)17-12-18(24(2,3)4)14-19(13-17)33-9-6-8-32-5;/h11-14,25,30H,6-10,15H2,1-5H3;1H. The van der Waals surface area contributed by atoms with Gasteiger partial charge in [-0.2, -0.15) is 4.52 Å². The molecular weight excluding hydrogens is 474 g/mol. The molecule has 2 heterocycles. The average molecular weight is 508 g/mol. The summed E-state index contributed by atoms with van der Waals surface area (Å²) in [6.07, 6.45) is 0.745. The van der Waals surface area contributed by atoms with Crippen molar-refractivity contribution in [3.63, 3.8) is 0 Å². The number of methoxy groups -OCH3 is 1. The molecule has 192 valence electrons. The summed E-state index contributed by atoms with van der Waals surface area (Å²) in [5.41, 5.74) is 2.45. The van der Waals surface area contributed by atoms with Crippen LogP contribution in [0.15, 0.2) is 24.3 Å². The molecule has 1 aromatic carbocycles. The van der Waals surface area contributed by atoms with Crippen molar-refractivity contribution in [3.05, 3.63) is 46.6 Å². The Kier molecular flexibility index (Phi) is 9.82. The van der Waals surface area contributed by atoms with E-state index in [0.29, 0.717) is 30.2 Å². The number of hydrogen-bond acceptors (Lipinski definition) is 8. The Morgan fingerprint density at radius 2 is 1.83 bits per heavy atom. The molecule has 0 fully saturated rings. The molecule has 0 aliphatic heterocycles. The molecule has 0 amide bonds. The van der Waals surface area contributed by atoms with Crippen LogP contribution >= 0.6 is 12.4 Å². The smallest absolute Gasteiger partial charge is 0.242 e. The number of aliphatic hydroxyl groups is 1. The summed E-state index contributed by atoms with van der Waals surface area (Å²) in [6, 6.07) is 7.24. The number of aromatic nitrogens is 4. The maximum absolute atomic E-state index is 13.2. The number of nitrogens with one attached hydrogen (secondary N) is 1. The lowest BCUT2D eigenvalue weighted by Crippen LogP contribution is -2.26. The molecule has 0 radical (unpaired) electrons. The quantitative estimate of drug-likeness (QED) is 0.302. The highest BCUT2D eigenvalue weighted by molar-refractivity contribution is 5.96. The maximum Gasteiger partial charge on any atom is 0.242 e. The first-order chi connectivity index (χ1) is 16.1. The van der Waals surface area contributed by atoms with Crippen LogP contribution in [0.25, 0.3) is 5.65 Å². The number of nitrogens with zero attached hydrogens (tertiary/aromatic N) is 4. The summed E-state index contributed by atoms with van der Waals surface area (Å²) >= 11 is 0. The maximum atomic E-state index is 13.2. The van der Waals surface area contributed by atoms with Crippen LogP contribution in [0.4, 0.5) is 0 Å². The molecular formula is C24H34ClN5O5. The van der Waals surface area contributed by atoms with Crippen LogP contribution in [-0.4, -0.2) is 63.8 Å². The van der Waals surface area contributed by atoms with E-state index in [1.54, 1.807) is 19.2 Å². The van der Waals surface area contributed by atoms with Gasteiger partial charge < -0.3 is 19.3 Å². The van der Waals surface area contributed by atoms with Gasteiger partial charge in [-0.3, -0.25) is 10.2 Å². The molecule has 35 heavy (non-hydrogen) atoms. The number of ketones is 1. The lowest BCUT2D eigenvalue weighted by Gasteiger charge is -2.21. The predicted molar refractivity (Wildman–Crippen MR) is 133 cm³/mol. The zero-order chi connectivity index (χ0) is 24.9. The predicted octanol–water partition coefficient (Wildman–Crippen LogP) is 2.71. The van der Waals surface area contributed by atoms with E-state index in [1.165, 1.54) is 9.20 Å². The van der Waals surface area contributed by atoms with Gasteiger partial charge in [-0.1, -0.05) is 20.8 Å². The lowest BCUT2D eigenvalue weighted by atomic mass is 9.85. The van der Waals surface area contributed by atoms with Crippen molar-refractivity contribution in [1.82, 2.24) is 19.4 Å². The largest absolute Gasteiger partial charge is 0.493 e. The molecule has 0 aliphatic carbocycles. The van der Waals surface area contributed by atoms with Crippen molar-refractivity contribution in [2.24, 2.45) is 0 Å². The van der Waals surface area contributed by atoms with Gasteiger partial charge in [0, 0.05) is 37.3 Å². The van der Waals surface area contributed by atoms with E-state index < -0.39 is 0 Å². The number of aryl methyl sites for hydroxylation is 1. The van der Waals surface area contributed by atoms with E-state index in [4.69, 9.17) is 24.7 Å². The van der Waals surface area contributed by atoms with E-state index in [2.05, 4.69) is 31.0 Å². The number of Topliss-reactive ketones (excluding diaryl/α,β-unsaturated/α-hetero) is 1. The zero-order valence-corrected chi connectivity index (χ0v) is 21.6. The molecule has 0 atom stereocenters. The van der Waals surface area contributed by atoms with Gasteiger partial charge in [-0.05, 0) is 36.1 Å². The number of hydrogen-bond donors (Lipinski definition) is 2. The number of carbonyl (C=O) groups is 1. The summed E-state index contributed by atoms with van der Waals surface area (Å²) in [7, 11) is 1.65. The zero-order valence-electron chi connectivity index (χ0n) is 20.8. The lowest BCUT2D eigenvalue weighted by molar-refractivity contribution is 0.0964. The first kappa shape index (κ1) is 28.3. The molecule has 2 N–H and O–H groups in total. The normalized spacial score (nSPS) is 11.4. The minimum absolute atomic E-state index is 0. The van der Waals surface area contributed by atoms with Gasteiger partial charge in [0.05, 0.1) is 13.2 Å². The van der Waals surface area contributed by atoms with Gasteiger partial charge in [0.15, 0.2) is 11.4 Å². The first-order valence-corrected chi connectivity index (χ1v) is 11.2. The highest BCUT2D eigenvalue weighted by Crippen LogP contribution is 2.28. The summed E-state index contributed by atoms with van der Waals surface area (Å²) < 4.78 is 19.0. The highest BCUT2D eigenvalue weighted by atomic mass is 35.5. The third-order valence-electron chi connectivity index (χ3n) is 5.24. The SMILES string of the molecule is COCCCOc1cc(C(=O)Cn2nc3c(C)cc(OCCO)nn3c2=N)cc(C(C)(C)C)c1.Cl. The van der Waals surface area contributed by atoms with Gasteiger partial charge in [0.1, 0.15) is 18.9 Å². The Labute approximate surface area is 210 Å². The Bertz CT molecular complexity index is 1220. The molecule has 3 rings (SSSR count). The third kappa shape index (κ3) is 7.03. The number of ether oxygens (including phenoxy) is 3. The van der Waals surface area contributed by atoms with Crippen molar-refractivity contribution in [2.45, 2.75) is 46.1 Å². The van der Waals surface area contributed by atoms with Crippen molar-refractivity contribution < 1.29 is 24.1 Å². The van der Waals surface area contributed by atoms with Crippen LogP contribution in [0.5, 0.6) is 11.6 Å². The minimum atomic E-state index is -0.191. The number of benzene rings is 1. The monoisotopic (exact) mass is 507 g/mol. The Morgan fingerprint density at radius 3 is 2.49 bits per heavy atom. The van der Waals surface area contributed by atoms with E-state index in [1.807, 2.05) is 19.1 Å². The van der Waals surface area contributed by atoms with Crippen LogP contribution in [0.2, 0.25) is 0 Å². The molecule has 0 saturated carbocycles. The summed E-state index contributed by atoms with van der Waals surface area (Å²) in [6.45, 7) is 8.97. The molecule has 0 unspecified atom stereocenters. The fourth-order valence-corrected chi connectivity index (χ4v) is 3.36. The average Bonchev–Trinajstić information content (AvgIpc) is 3.10. The Morgan fingerprint density at radius 1 is 1.09 bits per heavy atom. The van der Waals surface area contributed by atoms with E-state index in [9.17, 15) is 4.79 Å². The number of halogens is 1. The van der Waals surface area contributed by atoms with E-state index >= 15 is 0 Å². The molecule has 2 aromatic heterocycles. The van der Waals surface area contributed by atoms with Gasteiger partial charge in [-0.25, -0.2) is 4.68 Å². The topological polar surface area (TPSA) is 124 Å². The Hall–Kier alpha value is -2.95. The fraction of sp³-hybridized carbons (Fsp3) is 0.500. The van der Waals surface area contributed by atoms with Crippen LogP contribution in [0.1, 0.15) is 48.7 Å². The van der Waals surface area contributed by atoms with Crippen LogP contribution < -0.4 is 15.1 Å². The van der Waals surface area contributed by atoms with Crippen molar-refractivity contribution in [3.8, 4) is 11.6 Å². The van der Waals surface area contributed by atoms with Crippen LogP contribution in [-0.2, 0) is 16.7 Å². The number of carbonyl (C=O) groups excluding carboxylic acids is 1. The summed E-state index contributed by atoms with van der Waals surface area (Å²) in [4.78, 5) is 13.2. The van der Waals surface area contributed by atoms with E-state index in [0.717, 1.165) is 17.5 Å². The molecule has 0 saturated heterocycles. The molecule has 3 aromatic rings. The molecule has 0 spiro atoms. The number of fused-ring (bicyclic) bond motifs is 1. The van der Waals surface area contributed by atoms with Gasteiger partial charge in [0.25, 0.3) is 0 Å². The first-order valence-electron chi connectivity index (χ1n) is 11.2. The molecule has 10 nitrogen and oxygen atoms in total. The van der Waals surface area contributed by atoms with E-state index in [-0.39, 0.29) is 54.9 Å². The second-order valence-electron chi connectivity index (χ2n) is 9.07. The van der Waals surface area contributed by atoms with Crippen molar-refractivity contribution >= 4 is 23.8 Å². The van der Waals surface area contributed by atoms with Crippen LogP contribution in [0, 0.1) is 12.3 Å². The summed E-state index contributed by atoms with van der Waals surface area (Å²) in [5, 5.41) is 26.1. The molecule has 0 aliphatic rings. The van der Waals surface area contributed by atoms with Gasteiger partial charge in [-0.15, -0.1) is 22.6 Å². The second-order valence-corrected chi connectivity index (χ2v) is 9.07. The third-order valence-corrected chi connectivity index (χ3v) is 5.24. The van der Waals surface area contributed by atoms with Crippen molar-refractivity contribution in [1.29, 1.82) is 5.41 Å². The van der Waals surface area contributed by atoms with Crippen molar-refractivity contribution in [2.75, 3.05) is 33.5 Å². The number of aliphatic hydroxyl groups excluding tert-OH is 1. The molecule has 0 bridgehead atoms. The van der Waals surface area contributed by atoms with Gasteiger partial charge in [0.2, 0.25) is 11.5 Å². The fourth-order valence-electron chi connectivity index (χ4n) is 3.36. The highest BCUT2D eigenvalue weighted by Gasteiger charge is 2.20. The number of rotatable bonds is 11. The molecule has 11 heteroatoms.